The van der Waals surface area contributed by atoms with Gasteiger partial charge in [0.1, 0.15) is 0 Å². The summed E-state index contributed by atoms with van der Waals surface area (Å²) in [5, 5.41) is 3.05. The highest BCUT2D eigenvalue weighted by atomic mass is 14.8. The summed E-state index contributed by atoms with van der Waals surface area (Å²) < 4.78 is 0. The summed E-state index contributed by atoms with van der Waals surface area (Å²) in [6.07, 6.45) is 1.69. The molecule has 0 saturated carbocycles. The fourth-order valence-electron chi connectivity index (χ4n) is 1.18. The van der Waals surface area contributed by atoms with E-state index in [1.165, 1.54) is 11.1 Å². The molecule has 0 aliphatic heterocycles. The lowest BCUT2D eigenvalue weighted by Gasteiger charge is -2.03. The van der Waals surface area contributed by atoms with Crippen molar-refractivity contribution in [2.45, 2.75) is 13.8 Å². The molecule has 0 atom stereocenters. The zero-order valence-corrected chi connectivity index (χ0v) is 7.02. The van der Waals surface area contributed by atoms with Crippen molar-refractivity contribution in [1.82, 2.24) is 0 Å². The normalized spacial score (nSPS) is 9.27. The van der Waals surface area contributed by atoms with Gasteiger partial charge in [0.05, 0.1) is 0 Å². The van der Waals surface area contributed by atoms with Crippen LogP contribution in [0.2, 0.25) is 0 Å². The van der Waals surface area contributed by atoms with E-state index >= 15 is 0 Å². The third kappa shape index (κ3) is 2.11. The van der Waals surface area contributed by atoms with Crippen LogP contribution in [-0.4, -0.2) is 0 Å². The highest BCUT2D eigenvalue weighted by Crippen LogP contribution is 2.12. The molecule has 0 radical (unpaired) electrons. The molecule has 0 spiro atoms. The van der Waals surface area contributed by atoms with Crippen LogP contribution < -0.4 is 5.32 Å². The number of anilines is 1. The number of nitrogens with one attached hydrogen (secondary N) is 1. The average Bonchev–Trinajstić information content (AvgIpc) is 1.85. The minimum Gasteiger partial charge on any atom is -0.362 e. The van der Waals surface area contributed by atoms with Gasteiger partial charge in [-0.15, -0.1) is 0 Å². The van der Waals surface area contributed by atoms with Crippen LogP contribution in [0.25, 0.3) is 0 Å². The first kappa shape index (κ1) is 7.86. The lowest BCUT2D eigenvalue weighted by molar-refractivity contribution is 1.38. The maximum atomic E-state index is 3.60. The smallest absolute Gasteiger partial charge is 0.0384 e. The summed E-state index contributed by atoms with van der Waals surface area (Å²) in [7, 11) is 0. The van der Waals surface area contributed by atoms with Crippen LogP contribution in [-0.2, 0) is 0 Å². The lowest BCUT2D eigenvalue weighted by atomic mass is 10.1. The molecule has 11 heavy (non-hydrogen) atoms. The third-order valence-electron chi connectivity index (χ3n) is 1.49. The van der Waals surface area contributed by atoms with Crippen LogP contribution in [0.15, 0.2) is 31.0 Å². The number of aryl methyl sites for hydroxylation is 2. The molecule has 1 aromatic carbocycles. The molecule has 0 aromatic heterocycles. The second-order valence-corrected chi connectivity index (χ2v) is 2.72. The Hall–Kier alpha value is -1.24. The zero-order chi connectivity index (χ0) is 8.27. The molecule has 0 aliphatic rings. The van der Waals surface area contributed by atoms with Crippen molar-refractivity contribution in [2.24, 2.45) is 0 Å². The quantitative estimate of drug-likeness (QED) is 0.678. The molecule has 1 aromatic rings. The van der Waals surface area contributed by atoms with Crippen LogP contribution in [0, 0.1) is 13.8 Å². The predicted molar refractivity (Wildman–Crippen MR) is 49.7 cm³/mol. The second kappa shape index (κ2) is 3.24. The van der Waals surface area contributed by atoms with Crippen molar-refractivity contribution in [1.29, 1.82) is 0 Å². The van der Waals surface area contributed by atoms with Gasteiger partial charge >= 0.3 is 0 Å². The standard InChI is InChI=1S/C10H13N/c1-4-11-10-6-8(2)5-9(3)7-10/h4-7,11H,1H2,2-3H3. The molecule has 58 valence electrons. The number of hydrogen-bond donors (Lipinski definition) is 1. The maximum Gasteiger partial charge on any atom is 0.0384 e. The van der Waals surface area contributed by atoms with Gasteiger partial charge in [-0.05, 0) is 43.3 Å². The largest absolute Gasteiger partial charge is 0.362 e. The van der Waals surface area contributed by atoms with Gasteiger partial charge in [0.15, 0.2) is 0 Å². The highest BCUT2D eigenvalue weighted by molar-refractivity contribution is 5.49. The minimum atomic E-state index is 1.11. The van der Waals surface area contributed by atoms with Crippen LogP contribution in [0.3, 0.4) is 0 Å². The molecule has 0 amide bonds. The molecule has 1 N–H and O–H groups in total. The van der Waals surface area contributed by atoms with Gasteiger partial charge in [0.2, 0.25) is 0 Å². The summed E-state index contributed by atoms with van der Waals surface area (Å²) in [5.41, 5.74) is 3.65. The Bertz CT molecular complexity index is 243. The molecule has 0 heterocycles. The Morgan fingerprint density at radius 2 is 1.73 bits per heavy atom. The molecule has 0 fully saturated rings. The van der Waals surface area contributed by atoms with Crippen LogP contribution in [0.5, 0.6) is 0 Å². The number of rotatable bonds is 2. The van der Waals surface area contributed by atoms with E-state index in [9.17, 15) is 0 Å². The van der Waals surface area contributed by atoms with Crippen molar-refractivity contribution < 1.29 is 0 Å². The van der Waals surface area contributed by atoms with Gasteiger partial charge in [-0.2, -0.15) is 0 Å². The van der Waals surface area contributed by atoms with Gasteiger partial charge in [0.25, 0.3) is 0 Å². The summed E-state index contributed by atoms with van der Waals surface area (Å²) in [4.78, 5) is 0. The predicted octanol–water partition coefficient (Wildman–Crippen LogP) is 2.86. The topological polar surface area (TPSA) is 12.0 Å². The Morgan fingerprint density at radius 3 is 2.18 bits per heavy atom. The third-order valence-corrected chi connectivity index (χ3v) is 1.49. The van der Waals surface area contributed by atoms with Crippen molar-refractivity contribution in [2.75, 3.05) is 5.32 Å². The molecule has 1 rings (SSSR count). The van der Waals surface area contributed by atoms with Gasteiger partial charge < -0.3 is 5.32 Å². The first-order valence-electron chi connectivity index (χ1n) is 3.68. The van der Waals surface area contributed by atoms with Crippen LogP contribution >= 0.6 is 0 Å². The Kier molecular flexibility index (Phi) is 2.32. The SMILES string of the molecule is C=CNc1cc(C)cc(C)c1. The van der Waals surface area contributed by atoms with Gasteiger partial charge in [-0.3, -0.25) is 0 Å². The van der Waals surface area contributed by atoms with Crippen molar-refractivity contribution >= 4 is 5.69 Å². The van der Waals surface area contributed by atoms with E-state index in [0.29, 0.717) is 0 Å². The van der Waals surface area contributed by atoms with Crippen LogP contribution in [0.4, 0.5) is 5.69 Å². The summed E-state index contributed by atoms with van der Waals surface area (Å²) in [6, 6.07) is 6.33. The maximum absolute atomic E-state index is 3.60. The van der Waals surface area contributed by atoms with Gasteiger partial charge in [-0.25, -0.2) is 0 Å². The summed E-state index contributed by atoms with van der Waals surface area (Å²) in [6.45, 7) is 7.77. The summed E-state index contributed by atoms with van der Waals surface area (Å²) >= 11 is 0. The fraction of sp³-hybridized carbons (Fsp3) is 0.200. The van der Waals surface area contributed by atoms with E-state index in [-0.39, 0.29) is 0 Å². The molecule has 0 unspecified atom stereocenters. The molecular formula is C10H13N. The zero-order valence-electron chi connectivity index (χ0n) is 7.02. The molecule has 0 aliphatic carbocycles. The monoisotopic (exact) mass is 147 g/mol. The molecule has 0 bridgehead atoms. The Morgan fingerprint density at radius 1 is 1.18 bits per heavy atom. The first-order valence-corrected chi connectivity index (χ1v) is 3.68. The van der Waals surface area contributed by atoms with Gasteiger partial charge in [-0.1, -0.05) is 12.6 Å². The Labute approximate surface area is 67.8 Å². The van der Waals surface area contributed by atoms with Crippen LogP contribution in [0.1, 0.15) is 11.1 Å². The first-order chi connectivity index (χ1) is 5.22. The molecule has 1 nitrogen and oxygen atoms in total. The lowest BCUT2D eigenvalue weighted by Crippen LogP contribution is -1.87. The molecule has 0 saturated heterocycles. The van der Waals surface area contributed by atoms with Crippen molar-refractivity contribution in [3.8, 4) is 0 Å². The molecular weight excluding hydrogens is 134 g/mol. The van der Waals surface area contributed by atoms with E-state index in [2.05, 4.69) is 43.9 Å². The number of benzene rings is 1. The second-order valence-electron chi connectivity index (χ2n) is 2.72. The molecule has 1 heteroatoms. The Balaban J connectivity index is 2.98. The van der Waals surface area contributed by atoms with E-state index in [1.54, 1.807) is 6.20 Å². The number of hydrogen-bond acceptors (Lipinski definition) is 1. The van der Waals surface area contributed by atoms with E-state index in [1.807, 2.05) is 0 Å². The minimum absolute atomic E-state index is 1.11. The van der Waals surface area contributed by atoms with Crippen molar-refractivity contribution in [3.05, 3.63) is 42.1 Å². The average molecular weight is 147 g/mol. The van der Waals surface area contributed by atoms with E-state index in [4.69, 9.17) is 0 Å². The highest BCUT2D eigenvalue weighted by Gasteiger charge is 1.91. The van der Waals surface area contributed by atoms with E-state index < -0.39 is 0 Å². The van der Waals surface area contributed by atoms with Gasteiger partial charge in [0, 0.05) is 5.69 Å². The van der Waals surface area contributed by atoms with Crippen molar-refractivity contribution in [3.63, 3.8) is 0 Å². The van der Waals surface area contributed by atoms with E-state index in [0.717, 1.165) is 5.69 Å². The summed E-state index contributed by atoms with van der Waals surface area (Å²) in [5.74, 6) is 0. The fourth-order valence-corrected chi connectivity index (χ4v) is 1.18.